The molecule has 1 atom stereocenters. The summed E-state index contributed by atoms with van der Waals surface area (Å²) in [6.07, 6.45) is 0. The van der Waals surface area contributed by atoms with Crippen molar-refractivity contribution in [2.45, 2.75) is 20.4 Å². The number of nitrogens with two attached hydrogens (primary N) is 1. The molecule has 0 heterocycles. The second-order valence-corrected chi connectivity index (χ2v) is 4.19. The third kappa shape index (κ3) is 3.26. The van der Waals surface area contributed by atoms with Crippen LogP contribution in [-0.2, 0) is 11.3 Å². The van der Waals surface area contributed by atoms with Gasteiger partial charge in [0.15, 0.2) is 0 Å². The van der Waals surface area contributed by atoms with Crippen LogP contribution in [0.1, 0.15) is 19.4 Å². The summed E-state index contributed by atoms with van der Waals surface area (Å²) in [6.45, 7) is 3.99. The van der Waals surface area contributed by atoms with Gasteiger partial charge in [-0.05, 0) is 19.1 Å². The van der Waals surface area contributed by atoms with Crippen LogP contribution in [0.25, 0.3) is 0 Å². The number of nitrogens with zero attached hydrogens (tertiary/aromatic N) is 1. The van der Waals surface area contributed by atoms with Crippen LogP contribution < -0.4 is 5.73 Å². The molecule has 0 saturated carbocycles. The molecule has 0 spiro atoms. The Morgan fingerprint density at radius 2 is 1.94 bits per heavy atom. The molecule has 0 bridgehead atoms. The average Bonchev–Trinajstić information content (AvgIpc) is 2.37. The quantitative estimate of drug-likeness (QED) is 0.874. The van der Waals surface area contributed by atoms with Crippen LogP contribution in [0.3, 0.4) is 0 Å². The molecular weight excluding hydrogens is 238 g/mol. The van der Waals surface area contributed by atoms with E-state index in [9.17, 15) is 13.6 Å². The highest BCUT2D eigenvalue weighted by Crippen LogP contribution is 2.15. The van der Waals surface area contributed by atoms with E-state index in [1.54, 1.807) is 13.8 Å². The van der Waals surface area contributed by atoms with E-state index in [-0.39, 0.29) is 30.5 Å². The summed E-state index contributed by atoms with van der Waals surface area (Å²) >= 11 is 0. The number of rotatable bonds is 5. The predicted molar refractivity (Wildman–Crippen MR) is 65.7 cm³/mol. The fourth-order valence-electron chi connectivity index (χ4n) is 1.63. The van der Waals surface area contributed by atoms with Gasteiger partial charge in [0.05, 0.1) is 6.54 Å². The van der Waals surface area contributed by atoms with Gasteiger partial charge in [-0.2, -0.15) is 0 Å². The summed E-state index contributed by atoms with van der Waals surface area (Å²) in [7, 11) is 0. The van der Waals surface area contributed by atoms with Crippen molar-refractivity contribution in [3.8, 4) is 0 Å². The number of hydrogen-bond donors (Lipinski definition) is 1. The Bertz CT molecular complexity index is 403. The molecule has 1 aromatic rings. The van der Waals surface area contributed by atoms with Crippen molar-refractivity contribution >= 4 is 5.91 Å². The molecule has 18 heavy (non-hydrogen) atoms. The van der Waals surface area contributed by atoms with E-state index in [1.165, 1.54) is 23.1 Å². The van der Waals surface area contributed by atoms with Crippen LogP contribution in [0.2, 0.25) is 0 Å². The molecule has 5 heteroatoms. The standard InChI is InChI=1S/C13H18F2N2O/c1-3-17(13(18)9(2)7-16)8-10-11(14)5-4-6-12(10)15/h4-6,9H,3,7-8,16H2,1-2H3. The van der Waals surface area contributed by atoms with Crippen LogP contribution in [0, 0.1) is 17.6 Å². The molecule has 0 aliphatic rings. The van der Waals surface area contributed by atoms with E-state index in [4.69, 9.17) is 5.73 Å². The van der Waals surface area contributed by atoms with Gasteiger partial charge in [0.2, 0.25) is 5.91 Å². The number of carbonyl (C=O) groups is 1. The molecule has 0 radical (unpaired) electrons. The van der Waals surface area contributed by atoms with Gasteiger partial charge in [-0.3, -0.25) is 4.79 Å². The Morgan fingerprint density at radius 3 is 2.39 bits per heavy atom. The minimum atomic E-state index is -0.637. The van der Waals surface area contributed by atoms with Gasteiger partial charge in [0, 0.05) is 24.6 Å². The summed E-state index contributed by atoms with van der Waals surface area (Å²) in [4.78, 5) is 13.3. The minimum Gasteiger partial charge on any atom is -0.338 e. The maximum absolute atomic E-state index is 13.5. The van der Waals surface area contributed by atoms with Gasteiger partial charge in [0.25, 0.3) is 0 Å². The van der Waals surface area contributed by atoms with Crippen LogP contribution in [-0.4, -0.2) is 23.9 Å². The molecule has 0 fully saturated rings. The van der Waals surface area contributed by atoms with Gasteiger partial charge in [-0.15, -0.1) is 0 Å². The van der Waals surface area contributed by atoms with E-state index in [2.05, 4.69) is 0 Å². The Balaban J connectivity index is 2.90. The van der Waals surface area contributed by atoms with Crippen LogP contribution in [0.15, 0.2) is 18.2 Å². The van der Waals surface area contributed by atoms with Gasteiger partial charge in [-0.1, -0.05) is 13.0 Å². The second-order valence-electron chi connectivity index (χ2n) is 4.19. The molecule has 0 aliphatic carbocycles. The van der Waals surface area contributed by atoms with Crippen molar-refractivity contribution in [2.24, 2.45) is 11.7 Å². The van der Waals surface area contributed by atoms with Crippen LogP contribution in [0.5, 0.6) is 0 Å². The highest BCUT2D eigenvalue weighted by molar-refractivity contribution is 5.78. The fourth-order valence-corrected chi connectivity index (χ4v) is 1.63. The summed E-state index contributed by atoms with van der Waals surface area (Å²) in [5, 5.41) is 0. The molecule has 0 aromatic heterocycles. The summed E-state index contributed by atoms with van der Waals surface area (Å²) in [5.41, 5.74) is 5.34. The zero-order valence-electron chi connectivity index (χ0n) is 10.6. The zero-order chi connectivity index (χ0) is 13.7. The lowest BCUT2D eigenvalue weighted by Gasteiger charge is -2.24. The Kier molecular flexibility index (Phi) is 5.22. The SMILES string of the molecule is CCN(Cc1c(F)cccc1F)C(=O)C(C)CN. The zero-order valence-corrected chi connectivity index (χ0v) is 10.6. The van der Waals surface area contributed by atoms with Gasteiger partial charge >= 0.3 is 0 Å². The van der Waals surface area contributed by atoms with Crippen molar-refractivity contribution < 1.29 is 13.6 Å². The first-order chi connectivity index (χ1) is 8.51. The minimum absolute atomic E-state index is 0.0713. The highest BCUT2D eigenvalue weighted by Gasteiger charge is 2.20. The van der Waals surface area contributed by atoms with E-state index in [0.29, 0.717) is 6.54 Å². The predicted octanol–water partition coefficient (Wildman–Crippen LogP) is 1.91. The van der Waals surface area contributed by atoms with Crippen molar-refractivity contribution in [3.63, 3.8) is 0 Å². The maximum Gasteiger partial charge on any atom is 0.226 e. The number of carbonyl (C=O) groups excluding carboxylic acids is 1. The van der Waals surface area contributed by atoms with Crippen molar-refractivity contribution in [1.82, 2.24) is 4.90 Å². The van der Waals surface area contributed by atoms with Gasteiger partial charge < -0.3 is 10.6 Å². The Morgan fingerprint density at radius 1 is 1.39 bits per heavy atom. The number of benzene rings is 1. The molecule has 1 rings (SSSR count). The molecule has 0 aliphatic heterocycles. The lowest BCUT2D eigenvalue weighted by Crippen LogP contribution is -2.37. The molecular formula is C13H18F2N2O. The van der Waals surface area contributed by atoms with Gasteiger partial charge in [-0.25, -0.2) is 8.78 Å². The second kappa shape index (κ2) is 6.44. The van der Waals surface area contributed by atoms with E-state index < -0.39 is 11.6 Å². The lowest BCUT2D eigenvalue weighted by molar-refractivity contribution is -0.135. The molecule has 0 saturated heterocycles. The third-order valence-electron chi connectivity index (χ3n) is 2.88. The van der Waals surface area contributed by atoms with E-state index >= 15 is 0 Å². The normalized spacial score (nSPS) is 12.3. The first-order valence-electron chi connectivity index (χ1n) is 5.93. The van der Waals surface area contributed by atoms with Crippen molar-refractivity contribution in [2.75, 3.05) is 13.1 Å². The summed E-state index contributed by atoms with van der Waals surface area (Å²) in [6, 6.07) is 3.67. The van der Waals surface area contributed by atoms with Crippen LogP contribution in [0.4, 0.5) is 8.78 Å². The molecule has 1 aromatic carbocycles. The molecule has 1 unspecified atom stereocenters. The Labute approximate surface area is 106 Å². The van der Waals surface area contributed by atoms with E-state index in [1.807, 2.05) is 0 Å². The number of halogens is 2. The largest absolute Gasteiger partial charge is 0.338 e. The molecule has 100 valence electrons. The summed E-state index contributed by atoms with van der Waals surface area (Å²) in [5.74, 6) is -1.81. The highest BCUT2D eigenvalue weighted by atomic mass is 19.1. The molecule has 3 nitrogen and oxygen atoms in total. The topological polar surface area (TPSA) is 46.3 Å². The maximum atomic E-state index is 13.5. The number of amides is 1. The summed E-state index contributed by atoms with van der Waals surface area (Å²) < 4.78 is 27.0. The van der Waals surface area contributed by atoms with Crippen LogP contribution >= 0.6 is 0 Å². The van der Waals surface area contributed by atoms with E-state index in [0.717, 1.165) is 0 Å². The first-order valence-corrected chi connectivity index (χ1v) is 5.93. The monoisotopic (exact) mass is 256 g/mol. The van der Waals surface area contributed by atoms with Gasteiger partial charge in [0.1, 0.15) is 11.6 Å². The first kappa shape index (κ1) is 14.6. The fraction of sp³-hybridized carbons (Fsp3) is 0.462. The molecule has 1 amide bonds. The molecule has 2 N–H and O–H groups in total. The Hall–Kier alpha value is -1.49. The average molecular weight is 256 g/mol. The lowest BCUT2D eigenvalue weighted by atomic mass is 10.1. The smallest absolute Gasteiger partial charge is 0.226 e. The number of hydrogen-bond acceptors (Lipinski definition) is 2. The van der Waals surface area contributed by atoms with Crippen molar-refractivity contribution in [3.05, 3.63) is 35.4 Å². The third-order valence-corrected chi connectivity index (χ3v) is 2.88. The van der Waals surface area contributed by atoms with Crippen molar-refractivity contribution in [1.29, 1.82) is 0 Å².